The van der Waals surface area contributed by atoms with Gasteiger partial charge in [-0.05, 0) is 44.0 Å². The number of carbonyl (C=O) groups is 2. The van der Waals surface area contributed by atoms with Crippen molar-refractivity contribution in [2.24, 2.45) is 5.92 Å². The first-order valence-corrected chi connectivity index (χ1v) is 14.0. The highest BCUT2D eigenvalue weighted by molar-refractivity contribution is 6.10. The van der Waals surface area contributed by atoms with Gasteiger partial charge in [-0.1, -0.05) is 25.7 Å². The van der Waals surface area contributed by atoms with Gasteiger partial charge in [0.15, 0.2) is 0 Å². The second kappa shape index (κ2) is 12.5. The van der Waals surface area contributed by atoms with Gasteiger partial charge in [0.2, 0.25) is 5.60 Å². The van der Waals surface area contributed by atoms with Crippen LogP contribution in [0.2, 0.25) is 0 Å². The molecule has 1 saturated heterocycles. The van der Waals surface area contributed by atoms with E-state index in [0.717, 1.165) is 24.1 Å². The zero-order valence-corrected chi connectivity index (χ0v) is 24.7. The number of carbonyl (C=O) groups excluding carboxylic acids is 2. The van der Waals surface area contributed by atoms with Gasteiger partial charge in [-0.3, -0.25) is 4.79 Å². The standard InChI is InChI=1S/C30H30F6N4O3.ClH/c1-3-38(4-2)20-10-18(11-20)16-40-24-13-17(6-5-8-39-9-7-37-28(39)42)12-21(30(34,35)36)25(24)29(43,27(40)41)26-22(32)14-19(31)15-23(26)33;/h12-15,18,20,43H,3-4,7-11,16H2,1-2H3,(H,37,42);1H. The fraction of sp³-hybridized carbons (Fsp3) is 0.467. The zero-order valence-electron chi connectivity index (χ0n) is 23.9. The highest BCUT2D eigenvalue weighted by atomic mass is 35.5. The van der Waals surface area contributed by atoms with Crippen LogP contribution in [0.3, 0.4) is 0 Å². The number of halogens is 7. The van der Waals surface area contributed by atoms with Crippen LogP contribution in [-0.4, -0.2) is 72.2 Å². The molecule has 2 aromatic carbocycles. The van der Waals surface area contributed by atoms with Gasteiger partial charge in [0.1, 0.15) is 17.5 Å². The van der Waals surface area contributed by atoms with E-state index in [0.29, 0.717) is 32.0 Å². The second-order valence-corrected chi connectivity index (χ2v) is 11.0. The maximum absolute atomic E-state index is 15.1. The molecule has 7 nitrogen and oxygen atoms in total. The Morgan fingerprint density at radius 1 is 1.05 bits per heavy atom. The average molecular weight is 645 g/mol. The number of fused-ring (bicyclic) bond motifs is 1. The SMILES string of the molecule is CCN(CC)C1CC(CN2C(=O)C(O)(c3c(F)cc(F)cc3F)c3c2cc(C#CCN2CCNC2=O)cc3C(F)(F)F)C1.Cl. The normalized spacial score (nSPS) is 22.8. The monoisotopic (exact) mass is 644 g/mol. The summed E-state index contributed by atoms with van der Waals surface area (Å²) in [7, 11) is 0. The number of amides is 3. The number of urea groups is 1. The molecule has 1 aliphatic carbocycles. The van der Waals surface area contributed by atoms with Gasteiger partial charge in [-0.25, -0.2) is 18.0 Å². The summed E-state index contributed by atoms with van der Waals surface area (Å²) in [6, 6.07) is 2.00. The van der Waals surface area contributed by atoms with E-state index in [9.17, 15) is 32.3 Å². The fourth-order valence-corrected chi connectivity index (χ4v) is 6.27. The number of alkyl halides is 3. The van der Waals surface area contributed by atoms with Crippen LogP contribution in [0.5, 0.6) is 0 Å². The highest BCUT2D eigenvalue weighted by Crippen LogP contribution is 2.52. The predicted octanol–water partition coefficient (Wildman–Crippen LogP) is 4.62. The Kier molecular flexibility index (Phi) is 9.49. The van der Waals surface area contributed by atoms with Gasteiger partial charge >= 0.3 is 12.2 Å². The molecule has 44 heavy (non-hydrogen) atoms. The third kappa shape index (κ3) is 5.82. The van der Waals surface area contributed by atoms with Crippen molar-refractivity contribution in [3.8, 4) is 11.8 Å². The van der Waals surface area contributed by atoms with Crippen molar-refractivity contribution >= 4 is 30.0 Å². The summed E-state index contributed by atoms with van der Waals surface area (Å²) >= 11 is 0. The van der Waals surface area contributed by atoms with E-state index in [4.69, 9.17) is 0 Å². The van der Waals surface area contributed by atoms with Crippen LogP contribution >= 0.6 is 12.4 Å². The van der Waals surface area contributed by atoms with Gasteiger partial charge in [0.25, 0.3) is 5.91 Å². The third-order valence-electron chi connectivity index (χ3n) is 8.43. The summed E-state index contributed by atoms with van der Waals surface area (Å²) < 4.78 is 87.6. The van der Waals surface area contributed by atoms with E-state index in [1.165, 1.54) is 4.90 Å². The summed E-state index contributed by atoms with van der Waals surface area (Å²) in [6.07, 6.45) is -3.93. The minimum Gasteiger partial charge on any atom is -0.371 e. The van der Waals surface area contributed by atoms with Crippen LogP contribution in [0, 0.1) is 35.2 Å². The second-order valence-electron chi connectivity index (χ2n) is 11.0. The minimum atomic E-state index is -5.18. The van der Waals surface area contributed by atoms with Crippen molar-refractivity contribution < 1.29 is 41.0 Å². The maximum atomic E-state index is 15.1. The highest BCUT2D eigenvalue weighted by Gasteiger charge is 2.58. The molecule has 1 unspecified atom stereocenters. The van der Waals surface area contributed by atoms with Crippen LogP contribution in [0.15, 0.2) is 24.3 Å². The Bertz CT molecular complexity index is 1490. The summed E-state index contributed by atoms with van der Waals surface area (Å²) in [5.41, 5.74) is -7.93. The Morgan fingerprint density at radius 3 is 2.23 bits per heavy atom. The fourth-order valence-electron chi connectivity index (χ4n) is 6.27. The van der Waals surface area contributed by atoms with Gasteiger partial charge in [-0.15, -0.1) is 12.4 Å². The maximum Gasteiger partial charge on any atom is 0.416 e. The van der Waals surface area contributed by atoms with Crippen molar-refractivity contribution in [2.75, 3.05) is 44.2 Å². The number of aliphatic hydroxyl groups is 1. The van der Waals surface area contributed by atoms with Crippen LogP contribution in [0.4, 0.5) is 36.8 Å². The van der Waals surface area contributed by atoms with E-state index in [2.05, 4.69) is 22.1 Å². The lowest BCUT2D eigenvalue weighted by atomic mass is 9.78. The summed E-state index contributed by atoms with van der Waals surface area (Å²) in [5, 5.41) is 14.3. The lowest BCUT2D eigenvalue weighted by Gasteiger charge is -2.43. The summed E-state index contributed by atoms with van der Waals surface area (Å²) in [4.78, 5) is 30.2. The lowest BCUT2D eigenvalue weighted by molar-refractivity contribution is -0.142. The van der Waals surface area contributed by atoms with E-state index in [1.54, 1.807) is 0 Å². The molecule has 1 saturated carbocycles. The molecule has 1 atom stereocenters. The van der Waals surface area contributed by atoms with Crippen molar-refractivity contribution in [2.45, 2.75) is 44.5 Å². The Labute approximate surface area is 256 Å². The molecule has 3 amide bonds. The van der Waals surface area contributed by atoms with Gasteiger partial charge in [-0.2, -0.15) is 13.2 Å². The molecule has 2 N–H and O–H groups in total. The summed E-state index contributed by atoms with van der Waals surface area (Å²) in [6.45, 7) is 6.17. The van der Waals surface area contributed by atoms with Crippen LogP contribution in [-0.2, 0) is 16.6 Å². The number of hydrogen-bond donors (Lipinski definition) is 2. The molecule has 0 bridgehead atoms. The molecule has 2 heterocycles. The topological polar surface area (TPSA) is 76.1 Å². The van der Waals surface area contributed by atoms with Gasteiger partial charge < -0.3 is 25.1 Å². The van der Waals surface area contributed by atoms with Crippen LogP contribution in [0.25, 0.3) is 0 Å². The molecule has 0 aromatic heterocycles. The van der Waals surface area contributed by atoms with Crippen molar-refractivity contribution in [3.05, 3.63) is 64.0 Å². The third-order valence-corrected chi connectivity index (χ3v) is 8.43. The predicted molar refractivity (Wildman–Crippen MR) is 152 cm³/mol. The molecular weight excluding hydrogens is 614 g/mol. The number of nitrogens with one attached hydrogen (secondary N) is 1. The Hall–Kier alpha value is -3.47. The van der Waals surface area contributed by atoms with E-state index in [-0.39, 0.29) is 66.9 Å². The van der Waals surface area contributed by atoms with Gasteiger partial charge in [0, 0.05) is 48.9 Å². The van der Waals surface area contributed by atoms with Crippen LogP contribution in [0.1, 0.15) is 48.9 Å². The Morgan fingerprint density at radius 2 is 1.68 bits per heavy atom. The largest absolute Gasteiger partial charge is 0.416 e. The van der Waals surface area contributed by atoms with Crippen LogP contribution < -0.4 is 10.2 Å². The quantitative estimate of drug-likeness (QED) is 0.341. The lowest BCUT2D eigenvalue weighted by Crippen LogP contribution is -2.50. The van der Waals surface area contributed by atoms with Crippen molar-refractivity contribution in [1.29, 1.82) is 0 Å². The molecule has 3 aliphatic rings. The Balaban J connectivity index is 0.00000442. The van der Waals surface area contributed by atoms with Crippen molar-refractivity contribution in [3.63, 3.8) is 0 Å². The smallest absolute Gasteiger partial charge is 0.371 e. The number of nitrogens with zero attached hydrogens (tertiary/aromatic N) is 3. The zero-order chi connectivity index (χ0) is 31.3. The molecule has 0 radical (unpaired) electrons. The van der Waals surface area contributed by atoms with E-state index < -0.39 is 51.8 Å². The molecule has 238 valence electrons. The van der Waals surface area contributed by atoms with E-state index >= 15 is 8.78 Å². The van der Waals surface area contributed by atoms with E-state index in [1.807, 2.05) is 13.8 Å². The molecule has 2 aromatic rings. The minimum absolute atomic E-state index is 0. The number of rotatable bonds is 7. The molecule has 5 rings (SSSR count). The molecule has 14 heteroatoms. The van der Waals surface area contributed by atoms with Crippen molar-refractivity contribution in [1.82, 2.24) is 15.1 Å². The first kappa shape index (κ1) is 33.4. The molecule has 2 fully saturated rings. The number of hydrogen-bond acceptors (Lipinski definition) is 4. The number of benzene rings is 2. The first-order valence-electron chi connectivity index (χ1n) is 14.0. The first-order chi connectivity index (χ1) is 20.3. The van der Waals surface area contributed by atoms with Gasteiger partial charge in [0.05, 0.1) is 23.4 Å². The average Bonchev–Trinajstić information content (AvgIpc) is 3.40. The molecular formula is C30H31ClF6N4O3. The summed E-state index contributed by atoms with van der Waals surface area (Å²) in [5.74, 6) is -1.06. The molecule has 0 spiro atoms. The molecule has 2 aliphatic heterocycles. The number of anilines is 1.